The van der Waals surface area contributed by atoms with Gasteiger partial charge in [0.05, 0.1) is 0 Å². The van der Waals surface area contributed by atoms with Crippen molar-refractivity contribution < 1.29 is 4.79 Å². The number of carbonyl (C=O) groups is 1. The van der Waals surface area contributed by atoms with Crippen LogP contribution in [0.2, 0.25) is 0 Å². The van der Waals surface area contributed by atoms with E-state index in [0.717, 1.165) is 23.2 Å². The number of fused-ring (bicyclic) bond motifs is 1. The van der Waals surface area contributed by atoms with E-state index in [-0.39, 0.29) is 5.91 Å². The minimum absolute atomic E-state index is 0.0478. The molecule has 4 rings (SSSR count). The highest BCUT2D eigenvalue weighted by atomic mass is 16.2. The number of hydrogen-bond donors (Lipinski definition) is 2. The van der Waals surface area contributed by atoms with Crippen molar-refractivity contribution in [1.82, 2.24) is 5.32 Å². The molecule has 0 fully saturated rings. The summed E-state index contributed by atoms with van der Waals surface area (Å²) in [6.07, 6.45) is 0.850. The van der Waals surface area contributed by atoms with E-state index in [9.17, 15) is 4.79 Å². The average molecular weight is 395 g/mol. The second-order valence-electron chi connectivity index (χ2n) is 7.49. The van der Waals surface area contributed by atoms with E-state index in [1.807, 2.05) is 61.5 Å². The van der Waals surface area contributed by atoms with Gasteiger partial charge in [0, 0.05) is 12.2 Å². The van der Waals surface area contributed by atoms with Gasteiger partial charge in [0.15, 0.2) is 0 Å². The lowest BCUT2D eigenvalue weighted by Crippen LogP contribution is -2.34. The Morgan fingerprint density at radius 2 is 1.50 bits per heavy atom. The van der Waals surface area contributed by atoms with E-state index in [2.05, 4.69) is 53.1 Å². The molecule has 150 valence electrons. The third-order valence-corrected chi connectivity index (χ3v) is 5.42. The molecule has 2 N–H and O–H groups in total. The van der Waals surface area contributed by atoms with Gasteiger partial charge in [-0.05, 0) is 46.9 Å². The Morgan fingerprint density at radius 3 is 2.33 bits per heavy atom. The van der Waals surface area contributed by atoms with Crippen LogP contribution in [-0.4, -0.2) is 12.5 Å². The fraction of sp³-hybridized carbons (Fsp3) is 0.148. The van der Waals surface area contributed by atoms with Crippen LogP contribution in [0.1, 0.15) is 22.7 Å². The molecule has 1 amide bonds. The Balaban J connectivity index is 1.50. The number of aryl methyl sites for hydroxylation is 1. The van der Waals surface area contributed by atoms with Gasteiger partial charge in [-0.25, -0.2) is 0 Å². The van der Waals surface area contributed by atoms with Crippen molar-refractivity contribution in [2.24, 2.45) is 0 Å². The molecular weight excluding hydrogens is 368 g/mol. The smallest absolute Gasteiger partial charge is 0.246 e. The minimum Gasteiger partial charge on any atom is -0.324 e. The molecule has 0 saturated heterocycles. The summed E-state index contributed by atoms with van der Waals surface area (Å²) in [5.41, 5.74) is 4.14. The number of anilines is 1. The molecule has 3 nitrogen and oxygen atoms in total. The maximum absolute atomic E-state index is 13.1. The van der Waals surface area contributed by atoms with Gasteiger partial charge in [-0.3, -0.25) is 4.79 Å². The lowest BCUT2D eigenvalue weighted by atomic mass is 10.0. The molecule has 0 heterocycles. The predicted molar refractivity (Wildman–Crippen MR) is 125 cm³/mol. The van der Waals surface area contributed by atoms with Gasteiger partial charge in [0.2, 0.25) is 5.91 Å². The van der Waals surface area contributed by atoms with Gasteiger partial charge in [-0.1, -0.05) is 91.0 Å². The summed E-state index contributed by atoms with van der Waals surface area (Å²) in [5, 5.41) is 9.07. The van der Waals surface area contributed by atoms with Crippen LogP contribution in [0.3, 0.4) is 0 Å². The standard InChI is InChI=1S/C27H26N2O/c1-20-10-5-8-17-25(20)29-27(30)26(23-12-3-2-4-13-23)28-19-18-22-15-9-14-21-11-6-7-16-24(21)22/h2-17,26,28H,18-19H2,1H3,(H,29,30)/t26-/m1/s1. The zero-order chi connectivity index (χ0) is 20.8. The summed E-state index contributed by atoms with van der Waals surface area (Å²) in [6.45, 7) is 2.70. The largest absolute Gasteiger partial charge is 0.324 e. The van der Waals surface area contributed by atoms with Crippen molar-refractivity contribution in [3.05, 3.63) is 114 Å². The van der Waals surface area contributed by atoms with E-state index in [1.54, 1.807) is 0 Å². The molecule has 0 spiro atoms. The summed E-state index contributed by atoms with van der Waals surface area (Å²) < 4.78 is 0. The summed E-state index contributed by atoms with van der Waals surface area (Å²) in [6, 6.07) is 32.1. The molecular formula is C27H26N2O. The molecule has 30 heavy (non-hydrogen) atoms. The fourth-order valence-electron chi connectivity index (χ4n) is 3.79. The maximum atomic E-state index is 13.1. The normalized spacial score (nSPS) is 11.9. The Labute approximate surface area is 177 Å². The van der Waals surface area contributed by atoms with Crippen molar-refractivity contribution in [2.45, 2.75) is 19.4 Å². The van der Waals surface area contributed by atoms with E-state index < -0.39 is 6.04 Å². The van der Waals surface area contributed by atoms with Crippen LogP contribution >= 0.6 is 0 Å². The minimum atomic E-state index is -0.416. The monoisotopic (exact) mass is 394 g/mol. The van der Waals surface area contributed by atoms with Crippen LogP contribution < -0.4 is 10.6 Å². The molecule has 1 atom stereocenters. The SMILES string of the molecule is Cc1ccccc1NC(=O)[C@H](NCCc1cccc2ccccc12)c1ccccc1. The molecule has 0 aliphatic carbocycles. The summed E-state index contributed by atoms with van der Waals surface area (Å²) in [7, 11) is 0. The second kappa shape index (κ2) is 9.38. The van der Waals surface area contributed by atoms with Crippen molar-refractivity contribution in [2.75, 3.05) is 11.9 Å². The zero-order valence-corrected chi connectivity index (χ0v) is 17.1. The quantitative estimate of drug-likeness (QED) is 0.425. The van der Waals surface area contributed by atoms with Crippen LogP contribution in [0.15, 0.2) is 97.1 Å². The van der Waals surface area contributed by atoms with Crippen LogP contribution in [0, 0.1) is 6.92 Å². The first-order valence-electron chi connectivity index (χ1n) is 10.3. The van der Waals surface area contributed by atoms with E-state index >= 15 is 0 Å². The first-order chi connectivity index (χ1) is 14.7. The Hall–Kier alpha value is -3.43. The van der Waals surface area contributed by atoms with Gasteiger partial charge in [0.1, 0.15) is 6.04 Å². The van der Waals surface area contributed by atoms with Crippen molar-refractivity contribution in [3.8, 4) is 0 Å². The van der Waals surface area contributed by atoms with Gasteiger partial charge < -0.3 is 10.6 Å². The molecule has 0 saturated carbocycles. The maximum Gasteiger partial charge on any atom is 0.246 e. The number of carbonyl (C=O) groups excluding carboxylic acids is 1. The number of hydrogen-bond acceptors (Lipinski definition) is 2. The zero-order valence-electron chi connectivity index (χ0n) is 17.1. The number of para-hydroxylation sites is 1. The van der Waals surface area contributed by atoms with E-state index in [1.165, 1.54) is 16.3 Å². The summed E-state index contributed by atoms with van der Waals surface area (Å²) >= 11 is 0. The molecule has 0 radical (unpaired) electrons. The average Bonchev–Trinajstić information content (AvgIpc) is 2.79. The van der Waals surface area contributed by atoms with E-state index in [0.29, 0.717) is 6.54 Å². The van der Waals surface area contributed by atoms with Gasteiger partial charge in [-0.2, -0.15) is 0 Å². The summed E-state index contributed by atoms with van der Waals surface area (Å²) in [4.78, 5) is 13.1. The fourth-order valence-corrected chi connectivity index (χ4v) is 3.79. The third kappa shape index (κ3) is 4.58. The number of rotatable bonds is 7. The number of benzene rings is 4. The lowest BCUT2D eigenvalue weighted by molar-refractivity contribution is -0.118. The van der Waals surface area contributed by atoms with Crippen molar-refractivity contribution in [1.29, 1.82) is 0 Å². The molecule has 4 aromatic carbocycles. The highest BCUT2D eigenvalue weighted by Crippen LogP contribution is 2.21. The number of nitrogens with one attached hydrogen (secondary N) is 2. The van der Waals surface area contributed by atoms with Gasteiger partial charge in [0.25, 0.3) is 0 Å². The van der Waals surface area contributed by atoms with E-state index in [4.69, 9.17) is 0 Å². The molecule has 3 heteroatoms. The highest BCUT2D eigenvalue weighted by molar-refractivity contribution is 5.96. The first-order valence-corrected chi connectivity index (χ1v) is 10.3. The van der Waals surface area contributed by atoms with Gasteiger partial charge >= 0.3 is 0 Å². The molecule has 0 aliphatic rings. The van der Waals surface area contributed by atoms with Crippen LogP contribution in [-0.2, 0) is 11.2 Å². The number of amides is 1. The Kier molecular flexibility index (Phi) is 6.21. The Morgan fingerprint density at radius 1 is 0.800 bits per heavy atom. The van der Waals surface area contributed by atoms with Gasteiger partial charge in [-0.15, -0.1) is 0 Å². The molecule has 4 aromatic rings. The van der Waals surface area contributed by atoms with Crippen LogP contribution in [0.25, 0.3) is 10.8 Å². The van der Waals surface area contributed by atoms with Crippen molar-refractivity contribution >= 4 is 22.4 Å². The lowest BCUT2D eigenvalue weighted by Gasteiger charge is -2.20. The topological polar surface area (TPSA) is 41.1 Å². The van der Waals surface area contributed by atoms with Crippen LogP contribution in [0.5, 0.6) is 0 Å². The van der Waals surface area contributed by atoms with Crippen LogP contribution in [0.4, 0.5) is 5.69 Å². The first kappa shape index (κ1) is 19.9. The highest BCUT2D eigenvalue weighted by Gasteiger charge is 2.20. The molecule has 0 aromatic heterocycles. The summed E-state index contributed by atoms with van der Waals surface area (Å²) in [5.74, 6) is -0.0478. The predicted octanol–water partition coefficient (Wildman–Crippen LogP) is 5.66. The molecule has 0 aliphatic heterocycles. The van der Waals surface area contributed by atoms with Crippen molar-refractivity contribution in [3.63, 3.8) is 0 Å². The molecule has 0 bridgehead atoms. The molecule has 0 unspecified atom stereocenters. The third-order valence-electron chi connectivity index (χ3n) is 5.42. The second-order valence-corrected chi connectivity index (χ2v) is 7.49. The Bertz CT molecular complexity index is 1130.